The first-order valence-electron chi connectivity index (χ1n) is 7.43. The van der Waals surface area contributed by atoms with E-state index in [1.165, 1.54) is 25.0 Å². The lowest BCUT2D eigenvalue weighted by atomic mass is 10.0. The summed E-state index contributed by atoms with van der Waals surface area (Å²) in [5.41, 5.74) is 0.596. The predicted molar refractivity (Wildman–Crippen MR) is 76.1 cm³/mol. The Kier molecular flexibility index (Phi) is 3.74. The van der Waals surface area contributed by atoms with Crippen LogP contribution in [-0.4, -0.2) is 47.9 Å². The van der Waals surface area contributed by atoms with Gasteiger partial charge in [0.05, 0.1) is 0 Å². The van der Waals surface area contributed by atoms with Crippen LogP contribution < -0.4 is 0 Å². The van der Waals surface area contributed by atoms with E-state index in [9.17, 15) is 9.18 Å². The molecule has 1 amide bonds. The predicted octanol–water partition coefficient (Wildman–Crippen LogP) is 2.52. The van der Waals surface area contributed by atoms with Crippen LogP contribution in [0.4, 0.5) is 4.39 Å². The van der Waals surface area contributed by atoms with Crippen molar-refractivity contribution in [3.8, 4) is 0 Å². The molecule has 0 bridgehead atoms. The van der Waals surface area contributed by atoms with Gasteiger partial charge in [0.25, 0.3) is 5.91 Å². The van der Waals surface area contributed by atoms with Crippen LogP contribution in [0, 0.1) is 5.82 Å². The highest BCUT2D eigenvalue weighted by Gasteiger charge is 2.38. The summed E-state index contributed by atoms with van der Waals surface area (Å²) >= 11 is 0. The van der Waals surface area contributed by atoms with Crippen molar-refractivity contribution >= 4 is 5.91 Å². The fourth-order valence-corrected chi connectivity index (χ4v) is 3.63. The van der Waals surface area contributed by atoms with E-state index < -0.39 is 0 Å². The van der Waals surface area contributed by atoms with E-state index in [2.05, 4.69) is 11.9 Å². The first-order valence-corrected chi connectivity index (χ1v) is 7.43. The molecule has 2 aliphatic heterocycles. The molecule has 3 rings (SSSR count). The van der Waals surface area contributed by atoms with Gasteiger partial charge in [0, 0.05) is 24.2 Å². The third kappa shape index (κ3) is 2.44. The fraction of sp³-hybridized carbons (Fsp3) is 0.562. The van der Waals surface area contributed by atoms with Gasteiger partial charge >= 0.3 is 0 Å². The molecular formula is C16H21FN2O. The summed E-state index contributed by atoms with van der Waals surface area (Å²) in [6.45, 7) is 1.95. The van der Waals surface area contributed by atoms with Crippen LogP contribution in [-0.2, 0) is 0 Å². The van der Waals surface area contributed by atoms with Gasteiger partial charge in [0.1, 0.15) is 5.82 Å². The van der Waals surface area contributed by atoms with Crippen LogP contribution in [0.25, 0.3) is 0 Å². The zero-order valence-corrected chi connectivity index (χ0v) is 11.9. The van der Waals surface area contributed by atoms with Gasteiger partial charge in [0.2, 0.25) is 0 Å². The number of amides is 1. The number of hydrogen-bond acceptors (Lipinski definition) is 2. The van der Waals surface area contributed by atoms with Crippen LogP contribution in [0.3, 0.4) is 0 Å². The van der Waals surface area contributed by atoms with Gasteiger partial charge in [-0.05, 0) is 63.5 Å². The van der Waals surface area contributed by atoms with Crippen molar-refractivity contribution in [1.29, 1.82) is 0 Å². The number of nitrogens with zero attached hydrogens (tertiary/aromatic N) is 2. The number of benzene rings is 1. The Hall–Kier alpha value is -1.42. The molecule has 0 radical (unpaired) electrons. The number of carbonyl (C=O) groups excluding carboxylic acids is 1. The summed E-state index contributed by atoms with van der Waals surface area (Å²) in [5, 5.41) is 0. The van der Waals surface area contributed by atoms with Crippen LogP contribution in [0.5, 0.6) is 0 Å². The molecule has 20 heavy (non-hydrogen) atoms. The van der Waals surface area contributed by atoms with E-state index in [-0.39, 0.29) is 11.7 Å². The zero-order valence-electron chi connectivity index (χ0n) is 11.9. The number of halogens is 1. The van der Waals surface area contributed by atoms with Crippen LogP contribution in [0.2, 0.25) is 0 Å². The van der Waals surface area contributed by atoms with E-state index in [1.54, 1.807) is 12.1 Å². The Morgan fingerprint density at radius 1 is 1.10 bits per heavy atom. The normalized spacial score (nSPS) is 27.2. The molecule has 108 valence electrons. The largest absolute Gasteiger partial charge is 0.334 e. The highest BCUT2D eigenvalue weighted by molar-refractivity contribution is 5.94. The lowest BCUT2D eigenvalue weighted by Crippen LogP contribution is -2.47. The maximum Gasteiger partial charge on any atom is 0.254 e. The Morgan fingerprint density at radius 2 is 1.75 bits per heavy atom. The summed E-state index contributed by atoms with van der Waals surface area (Å²) in [5.74, 6) is -0.247. The molecule has 2 heterocycles. The first-order chi connectivity index (χ1) is 9.66. The first kappa shape index (κ1) is 13.6. The quantitative estimate of drug-likeness (QED) is 0.828. The van der Waals surface area contributed by atoms with E-state index >= 15 is 0 Å². The molecular weight excluding hydrogens is 255 g/mol. The van der Waals surface area contributed by atoms with Crippen LogP contribution >= 0.6 is 0 Å². The molecule has 2 fully saturated rings. The second kappa shape index (κ2) is 5.52. The van der Waals surface area contributed by atoms with E-state index in [4.69, 9.17) is 0 Å². The average molecular weight is 276 g/mol. The number of rotatable bonds is 2. The minimum absolute atomic E-state index is 0.0489. The minimum atomic E-state index is -0.296. The lowest BCUT2D eigenvalue weighted by Gasteiger charge is -2.33. The van der Waals surface area contributed by atoms with Crippen molar-refractivity contribution in [3.05, 3.63) is 35.6 Å². The van der Waals surface area contributed by atoms with Gasteiger partial charge < -0.3 is 9.80 Å². The van der Waals surface area contributed by atoms with Gasteiger partial charge in [0.15, 0.2) is 0 Å². The molecule has 1 aromatic rings. The second-order valence-corrected chi connectivity index (χ2v) is 5.91. The van der Waals surface area contributed by atoms with E-state index in [0.717, 1.165) is 25.9 Å². The smallest absolute Gasteiger partial charge is 0.254 e. The highest BCUT2D eigenvalue weighted by atomic mass is 19.1. The molecule has 2 atom stereocenters. The molecule has 0 aromatic heterocycles. The van der Waals surface area contributed by atoms with Gasteiger partial charge in [-0.2, -0.15) is 0 Å². The van der Waals surface area contributed by atoms with Gasteiger partial charge in [-0.25, -0.2) is 4.39 Å². The molecule has 0 spiro atoms. The van der Waals surface area contributed by atoms with Gasteiger partial charge in [-0.3, -0.25) is 4.79 Å². The Morgan fingerprint density at radius 3 is 2.40 bits per heavy atom. The molecule has 1 aromatic carbocycles. The molecule has 0 saturated carbocycles. The second-order valence-electron chi connectivity index (χ2n) is 5.91. The summed E-state index contributed by atoms with van der Waals surface area (Å²) in [7, 11) is 2.15. The fourth-order valence-electron chi connectivity index (χ4n) is 3.63. The average Bonchev–Trinajstić information content (AvgIpc) is 3.07. The van der Waals surface area contributed by atoms with Crippen molar-refractivity contribution in [1.82, 2.24) is 9.80 Å². The zero-order chi connectivity index (χ0) is 14.1. The van der Waals surface area contributed by atoms with Crippen molar-refractivity contribution < 1.29 is 9.18 Å². The van der Waals surface area contributed by atoms with Gasteiger partial charge in [-0.15, -0.1) is 0 Å². The van der Waals surface area contributed by atoms with Crippen molar-refractivity contribution in [2.24, 2.45) is 0 Å². The maximum atomic E-state index is 13.0. The topological polar surface area (TPSA) is 23.6 Å². The number of hydrogen-bond donors (Lipinski definition) is 0. The molecule has 2 aliphatic rings. The number of likely N-dealkylation sites (N-methyl/N-ethyl adjacent to an activating group) is 1. The molecule has 4 heteroatoms. The molecule has 0 N–H and O–H groups in total. The van der Waals surface area contributed by atoms with Crippen LogP contribution in [0.1, 0.15) is 36.0 Å². The van der Waals surface area contributed by atoms with E-state index in [0.29, 0.717) is 17.6 Å². The standard InChI is InChI=1S/C16H21FN2O/c1-18-10-2-4-14(18)15-5-3-11-19(15)16(20)12-6-8-13(17)9-7-12/h6-9,14-15H,2-5,10-11H2,1H3/t14-,15+/m1/s1. The summed E-state index contributed by atoms with van der Waals surface area (Å²) in [6.07, 6.45) is 4.55. The number of likely N-dealkylation sites (tertiary alicyclic amines) is 2. The Bertz CT molecular complexity index is 488. The molecule has 0 unspecified atom stereocenters. The Labute approximate surface area is 119 Å². The minimum Gasteiger partial charge on any atom is -0.334 e. The SMILES string of the molecule is CN1CCC[C@@H]1[C@@H]1CCCN1C(=O)c1ccc(F)cc1. The molecule has 2 saturated heterocycles. The third-order valence-electron chi connectivity index (χ3n) is 4.67. The third-order valence-corrected chi connectivity index (χ3v) is 4.67. The van der Waals surface area contributed by atoms with Crippen LogP contribution in [0.15, 0.2) is 24.3 Å². The van der Waals surface area contributed by atoms with E-state index in [1.807, 2.05) is 4.90 Å². The molecule has 0 aliphatic carbocycles. The monoisotopic (exact) mass is 276 g/mol. The summed E-state index contributed by atoms with van der Waals surface area (Å²) in [6, 6.07) is 6.71. The van der Waals surface area contributed by atoms with Crippen molar-refractivity contribution in [2.75, 3.05) is 20.1 Å². The Balaban J connectivity index is 1.78. The highest BCUT2D eigenvalue weighted by Crippen LogP contribution is 2.30. The van der Waals surface area contributed by atoms with Gasteiger partial charge in [-0.1, -0.05) is 0 Å². The summed E-state index contributed by atoms with van der Waals surface area (Å²) < 4.78 is 13.0. The lowest BCUT2D eigenvalue weighted by molar-refractivity contribution is 0.0664. The van der Waals surface area contributed by atoms with Crippen molar-refractivity contribution in [3.63, 3.8) is 0 Å². The summed E-state index contributed by atoms with van der Waals surface area (Å²) in [4.78, 5) is 17.0. The number of carbonyl (C=O) groups is 1. The van der Waals surface area contributed by atoms with Crippen molar-refractivity contribution in [2.45, 2.75) is 37.8 Å². The molecule has 3 nitrogen and oxygen atoms in total. The maximum absolute atomic E-state index is 13.0.